The van der Waals surface area contributed by atoms with Gasteiger partial charge in [0.2, 0.25) is 0 Å². The second-order valence-electron chi connectivity index (χ2n) is 7.53. The maximum absolute atomic E-state index is 11.3. The van der Waals surface area contributed by atoms with Crippen molar-refractivity contribution in [2.24, 2.45) is 0 Å². The molecule has 0 spiro atoms. The molecule has 0 radical (unpaired) electrons. The van der Waals surface area contributed by atoms with E-state index in [0.29, 0.717) is 18.9 Å². The van der Waals surface area contributed by atoms with Crippen LogP contribution in [-0.4, -0.2) is 40.4 Å². The topological polar surface area (TPSA) is 70.1 Å². The van der Waals surface area contributed by atoms with Crippen LogP contribution in [0.15, 0.2) is 34.9 Å². The molecule has 0 amide bonds. The predicted octanol–water partition coefficient (Wildman–Crippen LogP) is 3.24. The van der Waals surface area contributed by atoms with Gasteiger partial charge in [-0.05, 0) is 70.4 Å². The van der Waals surface area contributed by atoms with Gasteiger partial charge in [-0.25, -0.2) is 0 Å². The Morgan fingerprint density at radius 2 is 2.12 bits per heavy atom. The van der Waals surface area contributed by atoms with Gasteiger partial charge >= 0.3 is 0 Å². The summed E-state index contributed by atoms with van der Waals surface area (Å²) in [6.45, 7) is 5.50. The molecule has 0 aromatic rings. The maximum Gasteiger partial charge on any atom is 0.145 e. The Morgan fingerprint density at radius 3 is 2.79 bits per heavy atom. The minimum Gasteiger partial charge on any atom is -0.393 e. The Morgan fingerprint density at radius 1 is 1.38 bits per heavy atom. The standard InChI is InChI=1S/C20H30O4/c1-15-6-9-17(19(2,23)14-22)10-8-16(13-21)5-4-12-20(3)18(24-20)11-7-15/h5-6,9,13,18,22-23H,4,7-8,10-12,14H2,1-3H3/b15-6+,16-5-,17-9+/t18-,19-,20+/m0/s1. The second-order valence-corrected chi connectivity index (χ2v) is 7.53. The zero-order chi connectivity index (χ0) is 17.8. The number of carbonyl (C=O) groups excluding carboxylic acids is 1. The van der Waals surface area contributed by atoms with Crippen molar-refractivity contribution in [1.82, 2.24) is 0 Å². The van der Waals surface area contributed by atoms with Crippen LogP contribution >= 0.6 is 0 Å². The summed E-state index contributed by atoms with van der Waals surface area (Å²) in [5, 5.41) is 19.9. The van der Waals surface area contributed by atoms with Gasteiger partial charge in [0.25, 0.3) is 0 Å². The molecule has 134 valence electrons. The van der Waals surface area contributed by atoms with E-state index < -0.39 is 5.60 Å². The van der Waals surface area contributed by atoms with Crippen molar-refractivity contribution in [1.29, 1.82) is 0 Å². The highest BCUT2D eigenvalue weighted by molar-refractivity contribution is 5.73. The van der Waals surface area contributed by atoms with Crippen LogP contribution in [0.5, 0.6) is 0 Å². The summed E-state index contributed by atoms with van der Waals surface area (Å²) in [6, 6.07) is 0. The van der Waals surface area contributed by atoms with Crippen molar-refractivity contribution in [2.45, 2.75) is 76.6 Å². The van der Waals surface area contributed by atoms with E-state index in [9.17, 15) is 15.0 Å². The number of epoxide rings is 1. The summed E-state index contributed by atoms with van der Waals surface area (Å²) >= 11 is 0. The first kappa shape index (κ1) is 19.1. The Labute approximate surface area is 144 Å². The van der Waals surface area contributed by atoms with Gasteiger partial charge in [0, 0.05) is 0 Å². The molecule has 4 nitrogen and oxygen atoms in total. The fraction of sp³-hybridized carbons (Fsp3) is 0.650. The third-order valence-electron chi connectivity index (χ3n) is 5.29. The van der Waals surface area contributed by atoms with E-state index in [1.165, 1.54) is 5.57 Å². The van der Waals surface area contributed by atoms with Gasteiger partial charge in [0.15, 0.2) is 0 Å². The Bertz CT molecular complexity index is 556. The molecule has 1 saturated heterocycles. The Kier molecular flexibility index (Phi) is 6.18. The molecule has 3 atom stereocenters. The lowest BCUT2D eigenvalue weighted by molar-refractivity contribution is -0.105. The van der Waals surface area contributed by atoms with Gasteiger partial charge in [-0.1, -0.05) is 23.8 Å². The van der Waals surface area contributed by atoms with Crippen LogP contribution in [0.3, 0.4) is 0 Å². The number of aliphatic hydroxyl groups excluding tert-OH is 1. The largest absolute Gasteiger partial charge is 0.393 e. The van der Waals surface area contributed by atoms with Crippen LogP contribution in [0, 0.1) is 0 Å². The molecule has 1 fully saturated rings. The fourth-order valence-corrected chi connectivity index (χ4v) is 3.23. The molecular formula is C20H30O4. The van der Waals surface area contributed by atoms with Crippen molar-refractivity contribution < 1.29 is 19.7 Å². The maximum atomic E-state index is 11.3. The molecule has 0 aromatic carbocycles. The van der Waals surface area contributed by atoms with E-state index in [-0.39, 0.29) is 12.2 Å². The number of rotatable bonds is 3. The highest BCUT2D eigenvalue weighted by atomic mass is 16.6. The van der Waals surface area contributed by atoms with Gasteiger partial charge in [-0.3, -0.25) is 4.79 Å². The SMILES string of the molecule is C/C1=C\C=C(\[C@@](C)(O)CO)CC/C(C=O)=C/CC[C@@]2(C)O[C@H]2CC1. The molecule has 0 bridgehead atoms. The first-order valence-corrected chi connectivity index (χ1v) is 8.83. The third-order valence-corrected chi connectivity index (χ3v) is 5.29. The first-order chi connectivity index (χ1) is 11.3. The van der Waals surface area contributed by atoms with Crippen molar-refractivity contribution in [2.75, 3.05) is 6.61 Å². The van der Waals surface area contributed by atoms with Gasteiger partial charge in [0.05, 0.1) is 18.3 Å². The lowest BCUT2D eigenvalue weighted by Gasteiger charge is -2.24. The monoisotopic (exact) mass is 334 g/mol. The fourth-order valence-electron chi connectivity index (χ4n) is 3.23. The first-order valence-electron chi connectivity index (χ1n) is 8.83. The molecule has 0 aromatic heterocycles. The Hall–Kier alpha value is -1.23. The smallest absolute Gasteiger partial charge is 0.145 e. The van der Waals surface area contributed by atoms with Gasteiger partial charge in [0.1, 0.15) is 11.9 Å². The number of carbonyl (C=O) groups is 1. The number of hydrogen-bond donors (Lipinski definition) is 2. The van der Waals surface area contributed by atoms with Crippen LogP contribution in [0.4, 0.5) is 0 Å². The number of aldehydes is 1. The summed E-state index contributed by atoms with van der Waals surface area (Å²) < 4.78 is 5.86. The number of allylic oxidation sites excluding steroid dienone is 5. The van der Waals surface area contributed by atoms with Crippen molar-refractivity contribution in [3.63, 3.8) is 0 Å². The second kappa shape index (κ2) is 7.77. The minimum atomic E-state index is -1.26. The molecule has 1 aliphatic carbocycles. The van der Waals surface area contributed by atoms with E-state index in [4.69, 9.17) is 4.74 Å². The van der Waals surface area contributed by atoms with E-state index >= 15 is 0 Å². The average Bonchev–Trinajstić information content (AvgIpc) is 3.20. The Balaban J connectivity index is 2.23. The zero-order valence-electron chi connectivity index (χ0n) is 15.0. The summed E-state index contributed by atoms with van der Waals surface area (Å²) in [5.74, 6) is 0. The van der Waals surface area contributed by atoms with Crippen molar-refractivity contribution >= 4 is 6.29 Å². The summed E-state index contributed by atoms with van der Waals surface area (Å²) in [5.41, 5.74) is 1.41. The average molecular weight is 334 g/mol. The molecule has 2 rings (SSSR count). The molecule has 0 saturated carbocycles. The number of hydrogen-bond acceptors (Lipinski definition) is 4. The van der Waals surface area contributed by atoms with Gasteiger partial charge < -0.3 is 14.9 Å². The normalized spacial score (nSPS) is 38.0. The van der Waals surface area contributed by atoms with Crippen LogP contribution in [0.1, 0.15) is 59.3 Å². The van der Waals surface area contributed by atoms with Crippen LogP contribution < -0.4 is 0 Å². The molecule has 2 N–H and O–H groups in total. The molecule has 24 heavy (non-hydrogen) atoms. The molecule has 2 aliphatic rings. The summed E-state index contributed by atoms with van der Waals surface area (Å²) in [7, 11) is 0. The van der Waals surface area contributed by atoms with E-state index in [1.54, 1.807) is 6.92 Å². The van der Waals surface area contributed by atoms with Crippen molar-refractivity contribution in [3.8, 4) is 0 Å². The molecule has 0 unspecified atom stereocenters. The predicted molar refractivity (Wildman–Crippen MR) is 94.7 cm³/mol. The molecule has 1 heterocycles. The third kappa shape index (κ3) is 4.88. The summed E-state index contributed by atoms with van der Waals surface area (Å²) in [4.78, 5) is 11.3. The minimum absolute atomic E-state index is 0.0452. The van der Waals surface area contributed by atoms with Gasteiger partial charge in [-0.2, -0.15) is 0 Å². The van der Waals surface area contributed by atoms with E-state index in [2.05, 4.69) is 13.8 Å². The van der Waals surface area contributed by atoms with Crippen LogP contribution in [-0.2, 0) is 9.53 Å². The molecular weight excluding hydrogens is 304 g/mol. The quantitative estimate of drug-likeness (QED) is 0.614. The zero-order valence-corrected chi connectivity index (χ0v) is 15.0. The lowest BCUT2D eigenvalue weighted by atomic mass is 9.89. The van der Waals surface area contributed by atoms with E-state index in [1.807, 2.05) is 18.2 Å². The lowest BCUT2D eigenvalue weighted by Crippen LogP contribution is -2.31. The highest BCUT2D eigenvalue weighted by Gasteiger charge is 2.50. The number of fused-ring (bicyclic) bond motifs is 1. The molecule has 4 heteroatoms. The van der Waals surface area contributed by atoms with E-state index in [0.717, 1.165) is 43.1 Å². The van der Waals surface area contributed by atoms with Crippen LogP contribution in [0.2, 0.25) is 0 Å². The van der Waals surface area contributed by atoms with Crippen molar-refractivity contribution in [3.05, 3.63) is 34.9 Å². The number of ether oxygens (including phenoxy) is 1. The highest BCUT2D eigenvalue weighted by Crippen LogP contribution is 2.43. The van der Waals surface area contributed by atoms with Crippen LogP contribution in [0.25, 0.3) is 0 Å². The van der Waals surface area contributed by atoms with Gasteiger partial charge in [-0.15, -0.1) is 0 Å². The summed E-state index contributed by atoms with van der Waals surface area (Å²) in [6.07, 6.45) is 11.9. The molecule has 1 aliphatic heterocycles. The number of aliphatic hydroxyl groups is 2.